The average molecular weight is 849 g/mol. The predicted molar refractivity (Wildman–Crippen MR) is 261 cm³/mol. The second-order valence-electron chi connectivity index (χ2n) is 16.3. The summed E-state index contributed by atoms with van der Waals surface area (Å²) >= 11 is 0. The number of ether oxygens (including phenoxy) is 3. The summed E-state index contributed by atoms with van der Waals surface area (Å²) in [4.78, 5) is 37.9. The van der Waals surface area contributed by atoms with E-state index in [0.717, 1.165) is 109 Å². The Morgan fingerprint density at radius 1 is 0.344 bits per heavy atom. The fourth-order valence-corrected chi connectivity index (χ4v) is 6.63. The van der Waals surface area contributed by atoms with E-state index in [0.29, 0.717) is 19.3 Å². The van der Waals surface area contributed by atoms with E-state index in [1.165, 1.54) is 70.6 Å². The minimum Gasteiger partial charge on any atom is -0.462 e. The van der Waals surface area contributed by atoms with Crippen molar-refractivity contribution in [2.75, 3.05) is 13.2 Å². The zero-order valence-electron chi connectivity index (χ0n) is 39.7. The minimum absolute atomic E-state index is 0.0990. The Morgan fingerprint density at radius 2 is 0.689 bits per heavy atom. The van der Waals surface area contributed by atoms with Crippen LogP contribution in [0.4, 0.5) is 0 Å². The molecule has 0 aromatic rings. The van der Waals surface area contributed by atoms with Crippen molar-refractivity contribution in [1.29, 1.82) is 0 Å². The third-order valence-electron chi connectivity index (χ3n) is 10.4. The number of unbranched alkanes of at least 4 members (excludes halogenated alkanes) is 19. The summed E-state index contributed by atoms with van der Waals surface area (Å²) in [5, 5.41) is 0. The molecule has 1 unspecified atom stereocenters. The monoisotopic (exact) mass is 849 g/mol. The maximum absolute atomic E-state index is 12.8. The molecule has 0 N–H and O–H groups in total. The van der Waals surface area contributed by atoms with Crippen LogP contribution in [0, 0.1) is 0 Å². The van der Waals surface area contributed by atoms with Gasteiger partial charge >= 0.3 is 17.9 Å². The van der Waals surface area contributed by atoms with Gasteiger partial charge < -0.3 is 14.2 Å². The average Bonchev–Trinajstić information content (AvgIpc) is 3.26. The fraction of sp³-hybridized carbons (Fsp3) is 0.691. The molecule has 6 heteroatoms. The maximum Gasteiger partial charge on any atom is 0.306 e. The Bertz CT molecular complexity index is 1200. The van der Waals surface area contributed by atoms with Crippen LogP contribution in [0.25, 0.3) is 0 Å². The molecular formula is C55H92O6. The molecule has 0 saturated heterocycles. The largest absolute Gasteiger partial charge is 0.462 e. The first kappa shape index (κ1) is 57.6. The summed E-state index contributed by atoms with van der Waals surface area (Å²) in [6, 6.07) is 0. The van der Waals surface area contributed by atoms with Gasteiger partial charge in [-0.1, -0.05) is 209 Å². The Morgan fingerprint density at radius 3 is 1.13 bits per heavy atom. The Hall–Kier alpha value is -3.41. The zero-order chi connectivity index (χ0) is 44.4. The van der Waals surface area contributed by atoms with Crippen molar-refractivity contribution in [3.63, 3.8) is 0 Å². The molecule has 0 saturated carbocycles. The first-order chi connectivity index (χ1) is 30.0. The molecule has 0 aliphatic rings. The van der Waals surface area contributed by atoms with Gasteiger partial charge in [0.25, 0.3) is 0 Å². The van der Waals surface area contributed by atoms with E-state index >= 15 is 0 Å². The van der Waals surface area contributed by atoms with Crippen LogP contribution >= 0.6 is 0 Å². The lowest BCUT2D eigenvalue weighted by Gasteiger charge is -2.18. The van der Waals surface area contributed by atoms with E-state index < -0.39 is 6.10 Å². The van der Waals surface area contributed by atoms with E-state index in [1.807, 2.05) is 0 Å². The van der Waals surface area contributed by atoms with E-state index in [9.17, 15) is 14.4 Å². The molecule has 61 heavy (non-hydrogen) atoms. The van der Waals surface area contributed by atoms with Crippen LogP contribution in [0.2, 0.25) is 0 Å². The standard InChI is InChI=1S/C55H92O6/c1-4-7-10-13-16-19-22-25-26-27-28-31-33-36-39-42-45-48-54(57)60-51-52(61-55(58)49-46-43-40-37-34-30-24-21-18-15-12-9-6-3)50-59-53(56)47-44-41-38-35-32-29-23-20-17-14-11-8-5-2/h7,10,12,15-16,19,21,24-26,28,31,36,39,52H,4-6,8-9,11,13-14,17-18,20,22-23,27,29-30,32-35,37-38,40-51H2,1-3H3/b10-7-,15-12-,19-16-,24-21-,26-25-,31-28-,39-36-. The van der Waals surface area contributed by atoms with Crippen molar-refractivity contribution in [1.82, 2.24) is 0 Å². The topological polar surface area (TPSA) is 78.9 Å². The Balaban J connectivity index is 4.49. The zero-order valence-corrected chi connectivity index (χ0v) is 39.7. The predicted octanol–water partition coefficient (Wildman–Crippen LogP) is 16.4. The fourth-order valence-electron chi connectivity index (χ4n) is 6.63. The molecule has 0 aromatic heterocycles. The van der Waals surface area contributed by atoms with Gasteiger partial charge in [0.15, 0.2) is 6.10 Å². The lowest BCUT2D eigenvalue weighted by Crippen LogP contribution is -2.30. The van der Waals surface area contributed by atoms with Crippen LogP contribution < -0.4 is 0 Å². The summed E-state index contributed by atoms with van der Waals surface area (Å²) in [5.74, 6) is -0.976. The van der Waals surface area contributed by atoms with Crippen LogP contribution in [0.3, 0.4) is 0 Å². The molecule has 1 atom stereocenters. The van der Waals surface area contributed by atoms with Gasteiger partial charge in [-0.15, -0.1) is 0 Å². The molecule has 0 aromatic carbocycles. The molecule has 0 aliphatic heterocycles. The highest BCUT2D eigenvalue weighted by Gasteiger charge is 2.19. The van der Waals surface area contributed by atoms with Gasteiger partial charge in [-0.25, -0.2) is 0 Å². The molecule has 0 radical (unpaired) electrons. The molecule has 0 spiro atoms. The smallest absolute Gasteiger partial charge is 0.306 e. The van der Waals surface area contributed by atoms with Crippen LogP contribution in [-0.4, -0.2) is 37.2 Å². The Kier molecular flexibility index (Phi) is 46.5. The van der Waals surface area contributed by atoms with Crippen molar-refractivity contribution in [2.24, 2.45) is 0 Å². The molecule has 0 amide bonds. The second-order valence-corrected chi connectivity index (χ2v) is 16.3. The van der Waals surface area contributed by atoms with Gasteiger partial charge in [0.1, 0.15) is 13.2 Å². The molecule has 0 aliphatic carbocycles. The third-order valence-corrected chi connectivity index (χ3v) is 10.4. The van der Waals surface area contributed by atoms with Crippen LogP contribution in [-0.2, 0) is 28.6 Å². The highest BCUT2D eigenvalue weighted by atomic mass is 16.6. The molecule has 348 valence electrons. The van der Waals surface area contributed by atoms with Crippen molar-refractivity contribution in [3.05, 3.63) is 85.1 Å². The number of allylic oxidation sites excluding steroid dienone is 14. The van der Waals surface area contributed by atoms with Gasteiger partial charge in [-0.2, -0.15) is 0 Å². The van der Waals surface area contributed by atoms with Gasteiger partial charge in [-0.3, -0.25) is 14.4 Å². The highest BCUT2D eigenvalue weighted by molar-refractivity contribution is 5.71. The number of rotatable bonds is 44. The number of carbonyl (C=O) groups is 3. The Labute approximate surface area is 375 Å². The summed E-state index contributed by atoms with van der Waals surface area (Å²) in [6.45, 7) is 6.39. The molecule has 0 heterocycles. The lowest BCUT2D eigenvalue weighted by atomic mass is 10.0. The van der Waals surface area contributed by atoms with Crippen LogP contribution in [0.1, 0.15) is 226 Å². The number of esters is 3. The first-order valence-corrected chi connectivity index (χ1v) is 25.1. The maximum atomic E-state index is 12.8. The molecule has 0 fully saturated rings. The molecule has 0 rings (SSSR count). The van der Waals surface area contributed by atoms with E-state index in [4.69, 9.17) is 14.2 Å². The van der Waals surface area contributed by atoms with Gasteiger partial charge in [0.05, 0.1) is 0 Å². The van der Waals surface area contributed by atoms with Crippen LogP contribution in [0.15, 0.2) is 85.1 Å². The van der Waals surface area contributed by atoms with Crippen molar-refractivity contribution < 1.29 is 28.6 Å². The van der Waals surface area contributed by atoms with Crippen LogP contribution in [0.5, 0.6) is 0 Å². The first-order valence-electron chi connectivity index (χ1n) is 25.1. The van der Waals surface area contributed by atoms with Gasteiger partial charge in [0, 0.05) is 19.3 Å². The molecule has 6 nitrogen and oxygen atoms in total. The summed E-state index contributed by atoms with van der Waals surface area (Å²) in [5.41, 5.74) is 0. The van der Waals surface area contributed by atoms with Gasteiger partial charge in [-0.05, 0) is 83.5 Å². The lowest BCUT2D eigenvalue weighted by molar-refractivity contribution is -0.167. The van der Waals surface area contributed by atoms with Crippen molar-refractivity contribution >= 4 is 17.9 Å². The normalized spacial score (nSPS) is 12.8. The molecular weight excluding hydrogens is 757 g/mol. The summed E-state index contributed by atoms with van der Waals surface area (Å²) in [7, 11) is 0. The van der Waals surface area contributed by atoms with Crippen molar-refractivity contribution in [2.45, 2.75) is 232 Å². The highest BCUT2D eigenvalue weighted by Crippen LogP contribution is 2.14. The number of hydrogen-bond acceptors (Lipinski definition) is 6. The summed E-state index contributed by atoms with van der Waals surface area (Å²) in [6.07, 6.45) is 62.8. The quantitative estimate of drug-likeness (QED) is 0.0263. The third kappa shape index (κ3) is 47.5. The van der Waals surface area contributed by atoms with E-state index in [1.54, 1.807) is 0 Å². The minimum atomic E-state index is -0.804. The number of carbonyl (C=O) groups excluding carboxylic acids is 3. The number of hydrogen-bond donors (Lipinski definition) is 0. The SMILES string of the molecule is CC/C=C\C/C=C\C/C=C\C/C=C\C/C=C\CCCC(=O)OCC(COC(=O)CCCCCCCCCCCCCCC)OC(=O)CCCCCCC/C=C\C/C=C\CCC. The summed E-state index contributed by atoms with van der Waals surface area (Å²) < 4.78 is 16.7. The van der Waals surface area contributed by atoms with E-state index in [-0.39, 0.29) is 37.5 Å². The van der Waals surface area contributed by atoms with Crippen molar-refractivity contribution in [3.8, 4) is 0 Å². The molecule has 0 bridgehead atoms. The van der Waals surface area contributed by atoms with E-state index in [2.05, 4.69) is 106 Å². The second kappa shape index (κ2) is 49.2. The van der Waals surface area contributed by atoms with Gasteiger partial charge in [0.2, 0.25) is 0 Å².